The lowest BCUT2D eigenvalue weighted by Gasteiger charge is -2.32. The van der Waals surface area contributed by atoms with Crippen LogP contribution in [0.15, 0.2) is 160 Å². The molecule has 115 heavy (non-hydrogen) atoms. The lowest BCUT2D eigenvalue weighted by Crippen LogP contribution is -2.41. The van der Waals surface area contributed by atoms with Crippen LogP contribution in [0.3, 0.4) is 0 Å². The number of benzene rings is 7. The second kappa shape index (κ2) is 41.8. The number of nitro groups is 2. The Kier molecular flexibility index (Phi) is 32.8. The maximum Gasteiger partial charge on any atom is 0.495 e. The van der Waals surface area contributed by atoms with Crippen molar-refractivity contribution in [3.8, 4) is 11.4 Å². The molecule has 5 aliphatic rings. The summed E-state index contributed by atoms with van der Waals surface area (Å²) >= 11 is 10.0. The van der Waals surface area contributed by atoms with E-state index in [0.29, 0.717) is 38.4 Å². The molecule has 31 heteroatoms. The number of imidazole rings is 4. The monoisotopic (exact) mass is 1770 g/mol. The smallest absolute Gasteiger partial charge is 0.476 e. The molecule has 0 spiro atoms. The highest BCUT2D eigenvalue weighted by atomic mass is 79.9. The second-order valence-corrected chi connectivity index (χ2v) is 30.2. The van der Waals surface area contributed by atoms with E-state index < -0.39 is 31.4 Å². The summed E-state index contributed by atoms with van der Waals surface area (Å²) < 4.78 is 42.6. The average Bonchev–Trinajstić information content (AvgIpc) is 1.58. The maximum absolute atomic E-state index is 13.1. The number of nitrogens with one attached hydrogen (secondary N) is 2. The highest BCUT2D eigenvalue weighted by Gasteiger charge is 2.52. The molecule has 5 aliphatic heterocycles. The van der Waals surface area contributed by atoms with Crippen molar-refractivity contribution in [2.75, 3.05) is 37.7 Å². The van der Waals surface area contributed by atoms with Crippen molar-refractivity contribution in [1.82, 2.24) is 38.2 Å². The van der Waals surface area contributed by atoms with Gasteiger partial charge in [-0.05, 0) is 238 Å². The van der Waals surface area contributed by atoms with Crippen LogP contribution in [0, 0.1) is 41.0 Å². The summed E-state index contributed by atoms with van der Waals surface area (Å²) in [6.45, 7) is 17.5. The number of aliphatic hydroxyl groups is 1. The van der Waals surface area contributed by atoms with Gasteiger partial charge in [-0.2, -0.15) is 0 Å². The zero-order chi connectivity index (χ0) is 82.7. The highest BCUT2D eigenvalue weighted by molar-refractivity contribution is 9.10. The molecule has 1 fully saturated rings. The number of aromatic nitrogens is 8. The molecule has 0 saturated carbocycles. The number of hydrogen-bond donors (Lipinski definition) is 5. The number of carbonyl (C=O) groups is 4. The number of amides is 2. The number of ether oxygens (including phenoxy) is 1. The number of carbonyl (C=O) groups excluding carboxylic acids is 3. The third-order valence-corrected chi connectivity index (χ3v) is 21.8. The molecule has 610 valence electrons. The van der Waals surface area contributed by atoms with E-state index >= 15 is 0 Å². The number of anilines is 3. The van der Waals surface area contributed by atoms with Gasteiger partial charge in [-0.3, -0.25) is 34.2 Å². The number of halogens is 4. The summed E-state index contributed by atoms with van der Waals surface area (Å²) in [7, 11) is 0.848. The first kappa shape index (κ1) is 90.2. The molecule has 0 atom stereocenters. The number of non-ortho nitro benzene ring substituents is 2. The molecule has 26 nitrogen and oxygen atoms in total. The van der Waals surface area contributed by atoms with Gasteiger partial charge in [0.2, 0.25) is 0 Å². The predicted octanol–water partition coefficient (Wildman–Crippen LogP) is 18.6. The third kappa shape index (κ3) is 22.0. The summed E-state index contributed by atoms with van der Waals surface area (Å²) in [5.41, 5.74) is 17.6. The Morgan fingerprint density at radius 2 is 0.878 bits per heavy atom. The predicted molar refractivity (Wildman–Crippen MR) is 460 cm³/mol. The first-order chi connectivity index (χ1) is 54.5. The molecular weight excluding hydrogens is 1670 g/mol. The molecule has 16 rings (SSSR count). The zero-order valence-electron chi connectivity index (χ0n) is 65.4. The van der Waals surface area contributed by atoms with Crippen LogP contribution in [-0.2, 0) is 65.9 Å². The minimum atomic E-state index is -1.00. The number of nitrogens with two attached hydrogens (primary N) is 1. The molecule has 7 aromatic carbocycles. The van der Waals surface area contributed by atoms with Crippen molar-refractivity contribution in [1.29, 1.82) is 0 Å². The lowest BCUT2D eigenvalue weighted by atomic mass is 9.76. The molecule has 0 bridgehead atoms. The van der Waals surface area contributed by atoms with Crippen LogP contribution >= 0.6 is 47.8 Å². The summed E-state index contributed by atoms with van der Waals surface area (Å²) in [6, 6.07) is 44.3. The van der Waals surface area contributed by atoms with Gasteiger partial charge in [0.15, 0.2) is 31.3 Å². The summed E-state index contributed by atoms with van der Waals surface area (Å²) in [5.74, 6) is -0.972. The molecule has 9 heterocycles. The van der Waals surface area contributed by atoms with Gasteiger partial charge in [0.1, 0.15) is 11.5 Å². The van der Waals surface area contributed by atoms with E-state index in [0.717, 1.165) is 187 Å². The van der Waals surface area contributed by atoms with E-state index in [2.05, 4.69) is 87.2 Å². The Hall–Kier alpha value is -10.3. The average molecular weight is 1770 g/mol. The van der Waals surface area contributed by atoms with Gasteiger partial charge in [-0.1, -0.05) is 116 Å². The fourth-order valence-corrected chi connectivity index (χ4v) is 15.3. The van der Waals surface area contributed by atoms with Crippen molar-refractivity contribution >= 4 is 134 Å². The van der Waals surface area contributed by atoms with Crippen LogP contribution in [-0.4, -0.2) is 122 Å². The van der Waals surface area contributed by atoms with Crippen LogP contribution < -0.4 is 21.8 Å². The Balaban J connectivity index is 0.000000198. The Morgan fingerprint density at radius 3 is 1.30 bits per heavy atom. The van der Waals surface area contributed by atoms with Gasteiger partial charge in [-0.15, -0.1) is 0 Å². The molecule has 11 aromatic rings. The zero-order valence-corrected chi connectivity index (χ0v) is 69.2. The number of carboxylic acids is 1. The maximum atomic E-state index is 13.1. The van der Waals surface area contributed by atoms with E-state index in [4.69, 9.17) is 31.6 Å². The number of rotatable bonds is 10. The normalized spacial score (nSPS) is 14.2. The van der Waals surface area contributed by atoms with Crippen molar-refractivity contribution in [3.63, 3.8) is 0 Å². The van der Waals surface area contributed by atoms with Crippen LogP contribution in [0.2, 0.25) is 0 Å². The number of nitrogen functional groups attached to an aromatic ring is 1. The Morgan fingerprint density at radius 1 is 0.530 bits per heavy atom. The van der Waals surface area contributed by atoms with Crippen LogP contribution in [0.5, 0.6) is 0 Å². The quantitative estimate of drug-likeness (QED) is 0.0279. The van der Waals surface area contributed by atoms with Gasteiger partial charge >= 0.3 is 19.1 Å². The molecule has 0 unspecified atom stereocenters. The van der Waals surface area contributed by atoms with Crippen LogP contribution in [0.25, 0.3) is 32.9 Å². The van der Waals surface area contributed by atoms with Crippen molar-refractivity contribution in [2.24, 2.45) is 0 Å². The summed E-state index contributed by atoms with van der Waals surface area (Å²) in [6.07, 6.45) is 12.1. The molecule has 1 saturated heterocycles. The summed E-state index contributed by atoms with van der Waals surface area (Å²) in [4.78, 5) is 87.0. The number of aliphatic hydroxyl groups excluding tert-OH is 1. The number of esters is 1. The first-order valence-corrected chi connectivity index (χ1v) is 39.1. The van der Waals surface area contributed by atoms with Crippen LogP contribution in [0.4, 0.5) is 32.8 Å². The fourth-order valence-electron chi connectivity index (χ4n) is 13.6. The van der Waals surface area contributed by atoms with Gasteiger partial charge < -0.3 is 58.9 Å². The van der Waals surface area contributed by atoms with Crippen LogP contribution in [0.1, 0.15) is 177 Å². The minimum Gasteiger partial charge on any atom is -0.476 e. The number of aromatic carboxylic acids is 1. The van der Waals surface area contributed by atoms with Crippen molar-refractivity contribution in [2.45, 2.75) is 178 Å². The second-order valence-electron chi connectivity index (χ2n) is 28.0. The molecule has 0 aliphatic carbocycles. The molecule has 2 amide bonds. The highest BCUT2D eigenvalue weighted by Crippen LogP contribution is 2.39. The van der Waals surface area contributed by atoms with Gasteiger partial charge in [0.05, 0.1) is 70.2 Å². The van der Waals surface area contributed by atoms with Crippen molar-refractivity contribution < 1.29 is 59.0 Å². The number of aryl methyl sites for hydroxylation is 3. The number of nitrogens with zero attached hydrogens (tertiary/aromatic N) is 10. The van der Waals surface area contributed by atoms with E-state index in [9.17, 15) is 43.8 Å². The lowest BCUT2D eigenvalue weighted by molar-refractivity contribution is -0.383. The van der Waals surface area contributed by atoms with Crippen molar-refractivity contribution in [3.05, 3.63) is 242 Å². The number of hydrogen-bond acceptors (Lipinski definition) is 17. The topological polar surface area (TPSA) is 344 Å². The van der Waals surface area contributed by atoms with E-state index in [1.807, 2.05) is 155 Å². The summed E-state index contributed by atoms with van der Waals surface area (Å²) in [5, 5.41) is 47.1. The van der Waals surface area contributed by atoms with E-state index in [-0.39, 0.29) is 59.6 Å². The third-order valence-electron chi connectivity index (χ3n) is 20.0. The molecule has 6 N–H and O–H groups in total. The number of methoxy groups -OCH3 is 1. The number of carboxylic acid groups (broad SMARTS) is 1. The number of alkyl halides is 1. The molecular formula is C84H100BBr3FN13O13. The molecule has 0 radical (unpaired) electrons. The largest absolute Gasteiger partial charge is 0.495 e. The number of nitro benzene ring substituents is 2. The fraction of sp³-hybridized carbons (Fsp3) is 0.357. The van der Waals surface area contributed by atoms with Gasteiger partial charge in [0, 0.05) is 68.0 Å². The SMILES string of the molecule is C.C.CC1(C)OB(c2cccc3c([N+](=O)[O-])cccc23)OC1(C)C.CO.COC(=O)c1nc(Br)n2c1CCCC2.Cc1ccc(N)cc1.Cc1ccc(NC(=O)c2nc(-c3cccc4c([N+](=O)[O-])cccc34)n3c2CCCC3)cc1.Cc1ccc(NC(=O)c2nc(Br)n3c2CCCC3)cc1.O=C(O)c1nc(Br)n2c1CCCC2.[2H]CF. The standard InChI is InChI=1S/C25H22N4O3.C16H18BNO4.C15H16BrN3O.C9H11BrN2O2.C8H9BrN2O2.C7H9N.CH3F.CH4O.2CH4/c1-16-11-13-17(14-12-16)26-25(30)23-22-9-2-3-15-28(22)24(27-23)20-8-4-7-19-18(20)6-5-10-21(19)29(31)32;1-15(2)16(3,4)22-17(21-15)13-9-5-8-12-11(13)7-6-10-14(12)18(19)20;1-10-5-7-11(8-6-10)17-14(20)13-12-4-2-3-9-19(12)15(16)18-13;1-14-8(13)7-6-4-2-3-5-12(6)9(10)11-7;9-8-10-6(7(12)13)5-3-1-2-4-11(5)8;1-6-2-4-7(8)5-3-6;2*1-2;;/h4-8,10-14H,2-3,9,15H2,1H3,(H,26,30);5-10H,1-4H3;5-8H,2-4,9H2,1H3,(H,17,20);2-5H2,1H3;1-4H2,(H,12,13);2-5H,8H2,1H3;1H3;2H,1H3;2*1H4/i;;;;;;1D;;;. The number of fused-ring (bicyclic) bond motifs is 6. The first-order valence-electron chi connectivity index (χ1n) is 37.5. The van der Waals surface area contributed by atoms with E-state index in [1.54, 1.807) is 36.4 Å². The van der Waals surface area contributed by atoms with Gasteiger partial charge in [-0.25, -0.2) is 29.5 Å². The minimum absolute atomic E-state index is 0. The van der Waals surface area contributed by atoms with E-state index in [1.165, 1.54) is 30.4 Å². The molecule has 4 aromatic heterocycles. The Labute approximate surface area is 696 Å². The van der Waals surface area contributed by atoms with Gasteiger partial charge in [0.25, 0.3) is 23.2 Å². The Bertz CT molecular complexity index is 5210.